The molecule has 1 heterocycles. The standard InChI is InChI=1S/C22H23F3N2O3/c1-29-21(28)19-8-10-26-14-20(19)27-11-7-15-3-2-4-16-13-17(5-6-18(15)16)30-12-9-22(23,24)25/h5-8,10-11,13-15,27H,2-4,9,12H2,1H3/b11-7+. The van der Waals surface area contributed by atoms with Crippen LogP contribution in [0.4, 0.5) is 18.9 Å². The third-order valence-corrected chi connectivity index (χ3v) is 4.92. The first-order valence-electron chi connectivity index (χ1n) is 9.65. The van der Waals surface area contributed by atoms with Gasteiger partial charge in [-0.15, -0.1) is 0 Å². The van der Waals surface area contributed by atoms with Crippen LogP contribution in [0, 0.1) is 0 Å². The van der Waals surface area contributed by atoms with E-state index in [9.17, 15) is 18.0 Å². The lowest BCUT2D eigenvalue weighted by molar-refractivity contribution is -0.139. The number of anilines is 1. The van der Waals surface area contributed by atoms with E-state index in [2.05, 4.69) is 10.3 Å². The molecular formula is C22H23F3N2O3. The predicted molar refractivity (Wildman–Crippen MR) is 107 cm³/mol. The quantitative estimate of drug-likeness (QED) is 0.621. The van der Waals surface area contributed by atoms with E-state index in [1.807, 2.05) is 18.2 Å². The summed E-state index contributed by atoms with van der Waals surface area (Å²) in [5.41, 5.74) is 3.14. The summed E-state index contributed by atoms with van der Waals surface area (Å²) >= 11 is 0. The zero-order chi connectivity index (χ0) is 21.6. The Morgan fingerprint density at radius 3 is 2.93 bits per heavy atom. The van der Waals surface area contributed by atoms with Crippen molar-refractivity contribution in [3.63, 3.8) is 0 Å². The molecule has 1 aliphatic rings. The van der Waals surface area contributed by atoms with Crippen molar-refractivity contribution in [2.45, 2.75) is 37.8 Å². The number of halogens is 3. The maximum atomic E-state index is 12.3. The summed E-state index contributed by atoms with van der Waals surface area (Å²) in [6.07, 6.45) is 4.45. The van der Waals surface area contributed by atoms with E-state index < -0.39 is 18.6 Å². The highest BCUT2D eigenvalue weighted by atomic mass is 19.4. The lowest BCUT2D eigenvalue weighted by Crippen LogP contribution is -2.13. The van der Waals surface area contributed by atoms with Gasteiger partial charge in [-0.3, -0.25) is 4.98 Å². The molecule has 160 valence electrons. The fourth-order valence-electron chi connectivity index (χ4n) is 3.45. The van der Waals surface area contributed by atoms with Crippen LogP contribution in [0.15, 0.2) is 48.9 Å². The van der Waals surface area contributed by atoms with Crippen molar-refractivity contribution in [3.05, 3.63) is 65.6 Å². The highest BCUT2D eigenvalue weighted by Gasteiger charge is 2.27. The molecule has 0 aliphatic heterocycles. The Labute approximate surface area is 172 Å². The zero-order valence-corrected chi connectivity index (χ0v) is 16.5. The zero-order valence-electron chi connectivity index (χ0n) is 16.5. The Morgan fingerprint density at radius 2 is 2.17 bits per heavy atom. The molecule has 0 amide bonds. The smallest absolute Gasteiger partial charge is 0.392 e. The van der Waals surface area contributed by atoms with E-state index in [0.717, 1.165) is 30.4 Å². The van der Waals surface area contributed by atoms with Crippen LogP contribution in [0.2, 0.25) is 0 Å². The minimum atomic E-state index is -4.22. The van der Waals surface area contributed by atoms with Gasteiger partial charge in [-0.25, -0.2) is 4.79 Å². The van der Waals surface area contributed by atoms with E-state index >= 15 is 0 Å². The SMILES string of the molecule is COC(=O)c1ccncc1N/C=C/C1CCCc2cc(OCCC(F)(F)F)ccc21. The molecule has 0 spiro atoms. The summed E-state index contributed by atoms with van der Waals surface area (Å²) in [5.74, 6) is 0.164. The van der Waals surface area contributed by atoms with Crippen LogP contribution in [0.25, 0.3) is 0 Å². The molecule has 1 aromatic carbocycles. The Morgan fingerprint density at radius 1 is 1.33 bits per heavy atom. The van der Waals surface area contributed by atoms with Crippen molar-refractivity contribution < 1.29 is 27.4 Å². The van der Waals surface area contributed by atoms with Gasteiger partial charge in [-0.2, -0.15) is 13.2 Å². The molecule has 30 heavy (non-hydrogen) atoms. The molecule has 0 bridgehead atoms. The number of hydrogen-bond donors (Lipinski definition) is 1. The van der Waals surface area contributed by atoms with E-state index in [-0.39, 0.29) is 12.5 Å². The average Bonchev–Trinajstić information content (AvgIpc) is 2.72. The number of rotatable bonds is 7. The molecule has 1 aromatic heterocycles. The molecule has 0 radical (unpaired) electrons. The Hall–Kier alpha value is -3.03. The van der Waals surface area contributed by atoms with Gasteiger partial charge in [-0.1, -0.05) is 12.1 Å². The summed E-state index contributed by atoms with van der Waals surface area (Å²) in [7, 11) is 1.32. The Bertz CT molecular complexity index is 913. The molecule has 1 unspecified atom stereocenters. The number of methoxy groups -OCH3 is 1. The second-order valence-electron chi connectivity index (χ2n) is 6.99. The number of nitrogens with one attached hydrogen (secondary N) is 1. The highest BCUT2D eigenvalue weighted by molar-refractivity contribution is 5.95. The molecule has 0 saturated heterocycles. The predicted octanol–water partition coefficient (Wildman–Crippen LogP) is 5.25. The van der Waals surface area contributed by atoms with E-state index in [1.54, 1.807) is 24.5 Å². The van der Waals surface area contributed by atoms with Crippen molar-refractivity contribution in [3.8, 4) is 5.75 Å². The van der Waals surface area contributed by atoms with Crippen molar-refractivity contribution in [1.82, 2.24) is 4.98 Å². The molecule has 8 heteroatoms. The number of hydrogen-bond acceptors (Lipinski definition) is 5. The number of alkyl halides is 3. The molecule has 1 aliphatic carbocycles. The number of aryl methyl sites for hydroxylation is 1. The van der Waals surface area contributed by atoms with Gasteiger partial charge in [0.15, 0.2) is 0 Å². The third kappa shape index (κ3) is 5.75. The first-order valence-corrected chi connectivity index (χ1v) is 9.65. The molecular weight excluding hydrogens is 397 g/mol. The molecule has 2 aromatic rings. The van der Waals surface area contributed by atoms with E-state index in [1.165, 1.54) is 13.3 Å². The lowest BCUT2D eigenvalue weighted by Gasteiger charge is -2.24. The number of carbonyl (C=O) groups is 1. The van der Waals surface area contributed by atoms with Crippen LogP contribution in [-0.2, 0) is 11.2 Å². The van der Waals surface area contributed by atoms with Gasteiger partial charge in [0, 0.05) is 12.1 Å². The molecule has 0 saturated carbocycles. The summed E-state index contributed by atoms with van der Waals surface area (Å²) in [6, 6.07) is 7.04. The first-order chi connectivity index (χ1) is 14.4. The number of esters is 1. The van der Waals surface area contributed by atoms with Crippen molar-refractivity contribution >= 4 is 11.7 Å². The average molecular weight is 420 g/mol. The summed E-state index contributed by atoms with van der Waals surface area (Å²) in [5, 5.41) is 3.08. The van der Waals surface area contributed by atoms with Crippen LogP contribution >= 0.6 is 0 Å². The Balaban J connectivity index is 1.66. The summed E-state index contributed by atoms with van der Waals surface area (Å²) in [4.78, 5) is 15.9. The van der Waals surface area contributed by atoms with Gasteiger partial charge in [0.05, 0.1) is 37.6 Å². The van der Waals surface area contributed by atoms with Gasteiger partial charge >= 0.3 is 12.1 Å². The number of benzene rings is 1. The maximum Gasteiger partial charge on any atom is 0.392 e. The van der Waals surface area contributed by atoms with Crippen LogP contribution in [-0.4, -0.2) is 30.8 Å². The van der Waals surface area contributed by atoms with E-state index in [4.69, 9.17) is 9.47 Å². The van der Waals surface area contributed by atoms with Gasteiger partial charge in [-0.05, 0) is 54.8 Å². The normalized spacial score (nSPS) is 16.2. The summed E-state index contributed by atoms with van der Waals surface area (Å²) in [6.45, 7) is -0.386. The largest absolute Gasteiger partial charge is 0.493 e. The van der Waals surface area contributed by atoms with Crippen LogP contribution in [0.3, 0.4) is 0 Å². The second kappa shape index (κ2) is 9.65. The van der Waals surface area contributed by atoms with Crippen LogP contribution in [0.1, 0.15) is 46.7 Å². The Kier molecular flexibility index (Phi) is 6.97. The minimum Gasteiger partial charge on any atom is -0.493 e. The van der Waals surface area contributed by atoms with Crippen molar-refractivity contribution in [2.24, 2.45) is 0 Å². The number of aromatic nitrogens is 1. The maximum absolute atomic E-state index is 12.3. The number of carbonyl (C=O) groups excluding carboxylic acids is 1. The monoisotopic (exact) mass is 420 g/mol. The van der Waals surface area contributed by atoms with Gasteiger partial charge in [0.2, 0.25) is 0 Å². The lowest BCUT2D eigenvalue weighted by atomic mass is 9.83. The van der Waals surface area contributed by atoms with Crippen molar-refractivity contribution in [2.75, 3.05) is 19.0 Å². The van der Waals surface area contributed by atoms with Crippen LogP contribution < -0.4 is 10.1 Å². The highest BCUT2D eigenvalue weighted by Crippen LogP contribution is 2.35. The molecule has 5 nitrogen and oxygen atoms in total. The van der Waals surface area contributed by atoms with Gasteiger partial charge in [0.1, 0.15) is 5.75 Å². The number of ether oxygens (including phenoxy) is 2. The fourth-order valence-corrected chi connectivity index (χ4v) is 3.45. The minimum absolute atomic E-state index is 0.156. The molecule has 1 atom stereocenters. The van der Waals surface area contributed by atoms with Crippen LogP contribution in [0.5, 0.6) is 5.75 Å². The fraction of sp³-hybridized carbons (Fsp3) is 0.364. The summed E-state index contributed by atoms with van der Waals surface area (Å²) < 4.78 is 46.9. The van der Waals surface area contributed by atoms with Gasteiger partial charge in [0.25, 0.3) is 0 Å². The second-order valence-corrected chi connectivity index (χ2v) is 6.99. The van der Waals surface area contributed by atoms with Gasteiger partial charge < -0.3 is 14.8 Å². The number of nitrogens with zero attached hydrogens (tertiary/aromatic N) is 1. The number of pyridine rings is 1. The van der Waals surface area contributed by atoms with E-state index in [0.29, 0.717) is 17.0 Å². The molecule has 1 N–H and O–H groups in total. The molecule has 3 rings (SSSR count). The first kappa shape index (κ1) is 21.7. The number of fused-ring (bicyclic) bond motifs is 1. The van der Waals surface area contributed by atoms with Crippen molar-refractivity contribution in [1.29, 1.82) is 0 Å². The third-order valence-electron chi connectivity index (χ3n) is 4.92. The number of allylic oxidation sites excluding steroid dienone is 1. The topological polar surface area (TPSA) is 60.5 Å². The molecule has 0 fully saturated rings.